The fourth-order valence-electron chi connectivity index (χ4n) is 5.78. The maximum absolute atomic E-state index is 12.4. The van der Waals surface area contributed by atoms with E-state index >= 15 is 0 Å². The van der Waals surface area contributed by atoms with Crippen LogP contribution in [-0.4, -0.2) is 38.2 Å². The van der Waals surface area contributed by atoms with Gasteiger partial charge in [0.2, 0.25) is 0 Å². The number of H-pyrrole nitrogens is 1. The van der Waals surface area contributed by atoms with Gasteiger partial charge in [-0.2, -0.15) is 0 Å². The molecule has 8 nitrogen and oxygen atoms in total. The Balaban J connectivity index is 1.19. The number of aromatic amines is 1. The van der Waals surface area contributed by atoms with Gasteiger partial charge < -0.3 is 30.2 Å². The Morgan fingerprint density at radius 1 is 1.20 bits per heavy atom. The lowest BCUT2D eigenvalue weighted by molar-refractivity contribution is -0.121. The van der Waals surface area contributed by atoms with E-state index in [0.29, 0.717) is 25.0 Å². The quantitative estimate of drug-likeness (QED) is 0.135. The Hall–Kier alpha value is -3.59. The summed E-state index contributed by atoms with van der Waals surface area (Å²) in [6.07, 6.45) is 12.1. The predicted molar refractivity (Wildman–Crippen MR) is 161 cm³/mol. The number of nitrogens with one attached hydrogen (secondary N) is 2. The number of Topliss-reactive ketones (excluding diaryl/α,β-unsaturated/α-hetero) is 1. The third kappa shape index (κ3) is 7.19. The van der Waals surface area contributed by atoms with Crippen LogP contribution in [0.15, 0.2) is 55.0 Å². The normalized spacial score (nSPS) is 15.6. The Bertz CT molecular complexity index is 1470. The summed E-state index contributed by atoms with van der Waals surface area (Å²) in [6, 6.07) is 11.6. The summed E-state index contributed by atoms with van der Waals surface area (Å²) in [5.74, 6) is 0.498. The number of hydrogen-bond acceptors (Lipinski definition) is 6. The van der Waals surface area contributed by atoms with Gasteiger partial charge >= 0.3 is 0 Å². The Morgan fingerprint density at radius 3 is 2.93 bits per heavy atom. The molecule has 0 fully saturated rings. The molecule has 8 heteroatoms. The van der Waals surface area contributed by atoms with Crippen LogP contribution in [0.3, 0.4) is 0 Å². The molecule has 2 aromatic heterocycles. The topological polar surface area (TPSA) is 126 Å². The summed E-state index contributed by atoms with van der Waals surface area (Å²) < 4.78 is 7.95. The van der Waals surface area contributed by atoms with E-state index in [1.54, 1.807) is 12.1 Å². The third-order valence-corrected chi connectivity index (χ3v) is 8.08. The van der Waals surface area contributed by atoms with Crippen LogP contribution < -0.4 is 15.8 Å². The number of rotatable bonds is 14. The molecular weight excluding hydrogens is 516 g/mol. The monoisotopic (exact) mass is 558 g/mol. The van der Waals surface area contributed by atoms with Crippen molar-refractivity contribution in [2.45, 2.75) is 83.7 Å². The lowest BCUT2D eigenvalue weighted by Crippen LogP contribution is -2.35. The largest absolute Gasteiger partial charge is 0.504 e. The van der Waals surface area contributed by atoms with Gasteiger partial charge in [-0.05, 0) is 65.6 Å². The van der Waals surface area contributed by atoms with Crippen molar-refractivity contribution >= 4 is 16.7 Å². The molecule has 0 bridgehead atoms. The van der Waals surface area contributed by atoms with Crippen LogP contribution in [0, 0.1) is 0 Å². The molecule has 0 unspecified atom stereocenters. The second kappa shape index (κ2) is 13.4. The van der Waals surface area contributed by atoms with Crippen molar-refractivity contribution in [2.24, 2.45) is 5.73 Å². The molecule has 1 aliphatic rings. The molecule has 6 N–H and O–H groups in total. The number of benzene rings is 2. The lowest BCUT2D eigenvalue weighted by Gasteiger charge is -2.25. The number of ketones is 1. The Labute approximate surface area is 241 Å². The van der Waals surface area contributed by atoms with Gasteiger partial charge in [-0.1, -0.05) is 50.5 Å². The summed E-state index contributed by atoms with van der Waals surface area (Å²) in [5.41, 5.74) is 13.2. The molecule has 0 saturated carbocycles. The predicted octanol–water partition coefficient (Wildman–Crippen LogP) is 5.24. The first-order valence-corrected chi connectivity index (χ1v) is 14.8. The van der Waals surface area contributed by atoms with E-state index in [0.717, 1.165) is 55.1 Å². The van der Waals surface area contributed by atoms with Gasteiger partial charge in [-0.15, -0.1) is 0 Å². The van der Waals surface area contributed by atoms with Crippen molar-refractivity contribution in [3.05, 3.63) is 82.8 Å². The first-order valence-electron chi connectivity index (χ1n) is 14.8. The summed E-state index contributed by atoms with van der Waals surface area (Å²) in [4.78, 5) is 15.7. The molecule has 4 aromatic rings. The number of nitrogens with zero attached hydrogens (tertiary/aromatic N) is 1. The standard InChI is InChI=1S/C33H42N4O4/c1-2-3-4-7-25(38)17-26(39)11-9-22-10-12-31(40)32(15-22)41-21-37-19-29-24(18-36-30(29)20-37)16-23-6-5-8-28-27(23)13-14-35-33(28)34/h5-6,8,10,12,15,18-20,25,33,35-36,38,40H,2-4,7,9,11,13-14,16-17,21,34H2,1H3/t25-,33-/m1/s1. The van der Waals surface area contributed by atoms with Crippen LogP contribution in [-0.2, 0) is 30.8 Å². The zero-order valence-electron chi connectivity index (χ0n) is 23.9. The smallest absolute Gasteiger partial charge is 0.165 e. The van der Waals surface area contributed by atoms with Gasteiger partial charge in [0.25, 0.3) is 0 Å². The van der Waals surface area contributed by atoms with Gasteiger partial charge in [0.1, 0.15) is 5.78 Å². The molecule has 2 aromatic carbocycles. The van der Waals surface area contributed by atoms with Gasteiger partial charge in [0, 0.05) is 43.4 Å². The highest BCUT2D eigenvalue weighted by molar-refractivity contribution is 5.83. The van der Waals surface area contributed by atoms with Crippen LogP contribution in [0.4, 0.5) is 0 Å². The van der Waals surface area contributed by atoms with Crippen LogP contribution in [0.25, 0.3) is 10.9 Å². The van der Waals surface area contributed by atoms with E-state index in [9.17, 15) is 15.0 Å². The molecule has 0 amide bonds. The molecular formula is C33H42N4O4. The number of ether oxygens (including phenoxy) is 1. The molecule has 41 heavy (non-hydrogen) atoms. The number of aliphatic hydroxyl groups excluding tert-OH is 1. The highest BCUT2D eigenvalue weighted by atomic mass is 16.5. The number of aromatic hydroxyl groups is 1. The minimum absolute atomic E-state index is 0.0540. The average molecular weight is 559 g/mol. The first kappa shape index (κ1) is 28.9. The van der Waals surface area contributed by atoms with Crippen LogP contribution in [0.1, 0.15) is 79.4 Å². The summed E-state index contributed by atoms with van der Waals surface area (Å²) in [6.45, 7) is 3.24. The molecule has 0 aliphatic carbocycles. The van der Waals surface area contributed by atoms with Crippen LogP contribution in [0.2, 0.25) is 0 Å². The van der Waals surface area contributed by atoms with E-state index in [-0.39, 0.29) is 30.9 Å². The number of aromatic nitrogens is 2. The zero-order valence-corrected chi connectivity index (χ0v) is 23.9. The Kier molecular flexibility index (Phi) is 9.44. The van der Waals surface area contributed by atoms with Crippen molar-refractivity contribution in [1.29, 1.82) is 0 Å². The number of aliphatic hydroxyl groups is 1. The zero-order chi connectivity index (χ0) is 28.8. The number of nitrogens with two attached hydrogens (primary N) is 1. The molecule has 2 atom stereocenters. The maximum Gasteiger partial charge on any atom is 0.165 e. The van der Waals surface area contributed by atoms with Gasteiger partial charge in [0.05, 0.1) is 17.8 Å². The summed E-state index contributed by atoms with van der Waals surface area (Å²) in [5, 5.41) is 25.0. The minimum Gasteiger partial charge on any atom is -0.504 e. The SMILES string of the molecule is CCCCC[C@@H](O)CC(=O)CCc1ccc(O)c(OCn2cc3[nH]cc(Cc4cccc5c4CCN[C@H]5N)c3c2)c1. The van der Waals surface area contributed by atoms with Crippen molar-refractivity contribution in [3.63, 3.8) is 0 Å². The van der Waals surface area contributed by atoms with E-state index in [4.69, 9.17) is 10.5 Å². The molecule has 0 radical (unpaired) electrons. The van der Waals surface area contributed by atoms with Crippen molar-refractivity contribution in [3.8, 4) is 11.5 Å². The van der Waals surface area contributed by atoms with Gasteiger partial charge in [-0.25, -0.2) is 0 Å². The van der Waals surface area contributed by atoms with E-state index < -0.39 is 6.10 Å². The van der Waals surface area contributed by atoms with Crippen molar-refractivity contribution < 1.29 is 19.7 Å². The number of unbranched alkanes of at least 4 members (excludes halogenated alkanes) is 2. The van der Waals surface area contributed by atoms with Crippen LogP contribution in [0.5, 0.6) is 11.5 Å². The molecule has 3 heterocycles. The number of phenols is 1. The van der Waals surface area contributed by atoms with Gasteiger partial charge in [-0.3, -0.25) is 10.1 Å². The summed E-state index contributed by atoms with van der Waals surface area (Å²) >= 11 is 0. The summed E-state index contributed by atoms with van der Waals surface area (Å²) in [7, 11) is 0. The van der Waals surface area contributed by atoms with Gasteiger partial charge in [0.15, 0.2) is 18.2 Å². The molecule has 0 saturated heterocycles. The van der Waals surface area contributed by atoms with Crippen LogP contribution >= 0.6 is 0 Å². The van der Waals surface area contributed by atoms with Crippen molar-refractivity contribution in [2.75, 3.05) is 6.54 Å². The number of hydrogen-bond donors (Lipinski definition) is 5. The lowest BCUT2D eigenvalue weighted by atomic mass is 9.90. The minimum atomic E-state index is -0.561. The number of fused-ring (bicyclic) bond motifs is 2. The Morgan fingerprint density at radius 2 is 2.07 bits per heavy atom. The average Bonchev–Trinajstić information content (AvgIpc) is 3.54. The van der Waals surface area contributed by atoms with E-state index in [1.165, 1.54) is 22.3 Å². The molecule has 218 valence electrons. The van der Waals surface area contributed by atoms with E-state index in [2.05, 4.69) is 47.8 Å². The fourth-order valence-corrected chi connectivity index (χ4v) is 5.78. The second-order valence-corrected chi connectivity index (χ2v) is 11.2. The number of phenolic OH excluding ortho intramolecular Hbond substituents is 1. The number of aryl methyl sites for hydroxylation is 1. The second-order valence-electron chi connectivity index (χ2n) is 11.2. The number of carbonyl (C=O) groups is 1. The molecule has 1 aliphatic heterocycles. The first-order chi connectivity index (χ1) is 19.9. The third-order valence-electron chi connectivity index (χ3n) is 8.08. The highest BCUT2D eigenvalue weighted by Crippen LogP contribution is 2.30. The van der Waals surface area contributed by atoms with Crippen molar-refractivity contribution in [1.82, 2.24) is 14.9 Å². The molecule has 0 spiro atoms. The fraction of sp³-hybridized carbons (Fsp3) is 0.424. The van der Waals surface area contributed by atoms with E-state index in [1.807, 2.05) is 16.8 Å². The number of carbonyl (C=O) groups excluding carboxylic acids is 1. The maximum atomic E-state index is 12.4. The molecule has 5 rings (SSSR count). The highest BCUT2D eigenvalue weighted by Gasteiger charge is 2.19.